The highest BCUT2D eigenvalue weighted by atomic mass is 16.6. The van der Waals surface area contributed by atoms with Crippen LogP contribution in [-0.4, -0.2) is 33.0 Å². The SMILES string of the molecule is [B]C(C)(C)C(=O)OCCOC(=O)C(=C)C. The van der Waals surface area contributed by atoms with Crippen LogP contribution in [0.5, 0.6) is 0 Å². The minimum Gasteiger partial charge on any atom is -0.462 e. The zero-order valence-corrected chi connectivity index (χ0v) is 9.33. The standard InChI is InChI=1S/C10H15BO4/c1-7(2)8(12)14-5-6-15-9(13)10(3,4)11/h1,5-6H2,2-4H3. The lowest BCUT2D eigenvalue weighted by Gasteiger charge is -2.16. The van der Waals surface area contributed by atoms with E-state index in [1.54, 1.807) is 0 Å². The largest absolute Gasteiger partial charge is 0.462 e. The second-order valence-electron chi connectivity index (χ2n) is 3.77. The summed E-state index contributed by atoms with van der Waals surface area (Å²) >= 11 is 0. The van der Waals surface area contributed by atoms with Crippen LogP contribution in [0.15, 0.2) is 12.2 Å². The van der Waals surface area contributed by atoms with Gasteiger partial charge in [-0.2, -0.15) is 0 Å². The van der Waals surface area contributed by atoms with Gasteiger partial charge in [0.05, 0.1) is 7.85 Å². The fraction of sp³-hybridized carbons (Fsp3) is 0.600. The molecule has 0 saturated heterocycles. The lowest BCUT2D eigenvalue weighted by atomic mass is 9.73. The summed E-state index contributed by atoms with van der Waals surface area (Å²) in [6.45, 7) is 8.02. The van der Waals surface area contributed by atoms with Crippen molar-refractivity contribution in [2.45, 2.75) is 26.1 Å². The van der Waals surface area contributed by atoms with Gasteiger partial charge in [0.2, 0.25) is 0 Å². The van der Waals surface area contributed by atoms with Gasteiger partial charge in [-0.25, -0.2) is 4.79 Å². The molecule has 0 amide bonds. The first-order chi connectivity index (χ1) is 6.75. The minimum atomic E-state index is -1.03. The van der Waals surface area contributed by atoms with Gasteiger partial charge >= 0.3 is 11.9 Å². The molecular weight excluding hydrogens is 195 g/mol. The second kappa shape index (κ2) is 5.58. The smallest absolute Gasteiger partial charge is 0.333 e. The zero-order chi connectivity index (χ0) is 12.1. The lowest BCUT2D eigenvalue weighted by molar-refractivity contribution is -0.151. The van der Waals surface area contributed by atoms with Crippen LogP contribution in [0.3, 0.4) is 0 Å². The zero-order valence-electron chi connectivity index (χ0n) is 9.33. The Balaban J connectivity index is 3.69. The molecule has 0 aromatic carbocycles. The van der Waals surface area contributed by atoms with Crippen molar-refractivity contribution in [1.29, 1.82) is 0 Å². The average Bonchev–Trinajstić information content (AvgIpc) is 2.09. The summed E-state index contributed by atoms with van der Waals surface area (Å²) in [6.07, 6.45) is 0. The Bertz CT molecular complexity index is 265. The van der Waals surface area contributed by atoms with E-state index >= 15 is 0 Å². The first-order valence-electron chi connectivity index (χ1n) is 4.54. The number of rotatable bonds is 5. The number of carbonyl (C=O) groups excluding carboxylic acids is 2. The van der Waals surface area contributed by atoms with E-state index in [1.807, 2.05) is 0 Å². The van der Waals surface area contributed by atoms with Crippen molar-refractivity contribution in [1.82, 2.24) is 0 Å². The first-order valence-corrected chi connectivity index (χ1v) is 4.54. The lowest BCUT2D eigenvalue weighted by Crippen LogP contribution is -2.22. The van der Waals surface area contributed by atoms with Crippen LogP contribution in [0.4, 0.5) is 0 Å². The number of hydrogen-bond donors (Lipinski definition) is 0. The van der Waals surface area contributed by atoms with Crippen LogP contribution in [0.2, 0.25) is 5.31 Å². The molecule has 82 valence electrons. The molecule has 0 saturated carbocycles. The Morgan fingerprint density at radius 1 is 1.27 bits per heavy atom. The van der Waals surface area contributed by atoms with E-state index < -0.39 is 17.3 Å². The summed E-state index contributed by atoms with van der Waals surface area (Å²) in [7, 11) is 5.47. The molecular formula is C10H15BO4. The van der Waals surface area contributed by atoms with Crippen molar-refractivity contribution < 1.29 is 19.1 Å². The van der Waals surface area contributed by atoms with Crippen molar-refractivity contribution in [2.24, 2.45) is 0 Å². The maximum absolute atomic E-state index is 11.1. The third-order valence-electron chi connectivity index (χ3n) is 1.42. The highest BCUT2D eigenvalue weighted by Crippen LogP contribution is 2.19. The molecule has 5 heteroatoms. The predicted octanol–water partition coefficient (Wildman–Crippen LogP) is 1.02. The maximum Gasteiger partial charge on any atom is 0.333 e. The fourth-order valence-electron chi connectivity index (χ4n) is 0.578. The van der Waals surface area contributed by atoms with Gasteiger partial charge in [0.15, 0.2) is 0 Å². The van der Waals surface area contributed by atoms with Gasteiger partial charge in [-0.1, -0.05) is 20.4 Å². The number of esters is 2. The second-order valence-corrected chi connectivity index (χ2v) is 3.77. The van der Waals surface area contributed by atoms with E-state index in [0.29, 0.717) is 5.57 Å². The topological polar surface area (TPSA) is 52.6 Å². The molecule has 0 aromatic rings. The molecule has 0 N–H and O–H groups in total. The van der Waals surface area contributed by atoms with E-state index in [4.69, 9.17) is 17.3 Å². The van der Waals surface area contributed by atoms with E-state index in [1.165, 1.54) is 20.8 Å². The monoisotopic (exact) mass is 210 g/mol. The minimum absolute atomic E-state index is 0.00150. The summed E-state index contributed by atoms with van der Waals surface area (Å²) in [4.78, 5) is 22.0. The van der Waals surface area contributed by atoms with Crippen LogP contribution in [0.25, 0.3) is 0 Å². The molecule has 0 spiro atoms. The van der Waals surface area contributed by atoms with Gasteiger partial charge in [-0.3, -0.25) is 4.79 Å². The van der Waals surface area contributed by atoms with Gasteiger partial charge in [0.25, 0.3) is 0 Å². The molecule has 0 aliphatic rings. The quantitative estimate of drug-likeness (QED) is 0.294. The Labute approximate surface area is 91.0 Å². The Hall–Kier alpha value is -1.26. The highest BCUT2D eigenvalue weighted by Gasteiger charge is 2.22. The molecule has 15 heavy (non-hydrogen) atoms. The molecule has 0 rings (SSSR count). The summed E-state index contributed by atoms with van der Waals surface area (Å²) in [5, 5.41) is -1.03. The first kappa shape index (κ1) is 13.7. The number of hydrogen-bond acceptors (Lipinski definition) is 4. The summed E-state index contributed by atoms with van der Waals surface area (Å²) in [5.74, 6) is -1.04. The van der Waals surface area contributed by atoms with Crippen molar-refractivity contribution in [2.75, 3.05) is 13.2 Å². The van der Waals surface area contributed by atoms with Gasteiger partial charge in [-0.15, -0.1) is 0 Å². The number of ether oxygens (including phenoxy) is 2. The molecule has 0 atom stereocenters. The van der Waals surface area contributed by atoms with E-state index in [2.05, 4.69) is 6.58 Å². The molecule has 0 unspecified atom stereocenters. The van der Waals surface area contributed by atoms with Crippen LogP contribution < -0.4 is 0 Å². The van der Waals surface area contributed by atoms with Crippen LogP contribution in [-0.2, 0) is 19.1 Å². The van der Waals surface area contributed by atoms with E-state index in [9.17, 15) is 9.59 Å². The Morgan fingerprint density at radius 3 is 2.13 bits per heavy atom. The summed E-state index contributed by atoms with van der Waals surface area (Å²) in [6, 6.07) is 0. The van der Waals surface area contributed by atoms with Crippen molar-refractivity contribution in [3.8, 4) is 0 Å². The van der Waals surface area contributed by atoms with Crippen LogP contribution in [0, 0.1) is 0 Å². The van der Waals surface area contributed by atoms with Crippen molar-refractivity contribution in [3.63, 3.8) is 0 Å². The fourth-order valence-corrected chi connectivity index (χ4v) is 0.578. The maximum atomic E-state index is 11.1. The summed E-state index contributed by atoms with van der Waals surface area (Å²) < 4.78 is 9.48. The van der Waals surface area contributed by atoms with E-state index in [-0.39, 0.29) is 13.2 Å². The Morgan fingerprint density at radius 2 is 1.73 bits per heavy atom. The average molecular weight is 210 g/mol. The highest BCUT2D eigenvalue weighted by molar-refractivity contribution is 6.26. The van der Waals surface area contributed by atoms with Gasteiger partial charge in [0.1, 0.15) is 13.2 Å². The molecule has 2 radical (unpaired) electrons. The molecule has 0 heterocycles. The van der Waals surface area contributed by atoms with Gasteiger partial charge in [-0.05, 0) is 6.92 Å². The third-order valence-corrected chi connectivity index (χ3v) is 1.42. The molecule has 0 aromatic heterocycles. The molecule has 0 aliphatic carbocycles. The molecule has 0 fully saturated rings. The predicted molar refractivity (Wildman–Crippen MR) is 56.5 cm³/mol. The number of carbonyl (C=O) groups is 2. The van der Waals surface area contributed by atoms with Crippen LogP contribution in [0.1, 0.15) is 20.8 Å². The van der Waals surface area contributed by atoms with Gasteiger partial charge < -0.3 is 9.47 Å². The van der Waals surface area contributed by atoms with Gasteiger partial charge in [0, 0.05) is 10.9 Å². The molecule has 0 bridgehead atoms. The molecule has 4 nitrogen and oxygen atoms in total. The summed E-state index contributed by atoms with van der Waals surface area (Å²) in [5.41, 5.74) is 0.306. The van der Waals surface area contributed by atoms with Crippen molar-refractivity contribution >= 4 is 19.8 Å². The van der Waals surface area contributed by atoms with Crippen LogP contribution >= 0.6 is 0 Å². The molecule has 0 aliphatic heterocycles. The van der Waals surface area contributed by atoms with E-state index in [0.717, 1.165) is 0 Å². The van der Waals surface area contributed by atoms with Crippen molar-refractivity contribution in [3.05, 3.63) is 12.2 Å². The Kier molecular flexibility index (Phi) is 5.12. The third kappa shape index (κ3) is 5.94. The normalized spacial score (nSPS) is 10.6.